The van der Waals surface area contributed by atoms with Crippen molar-refractivity contribution in [2.24, 2.45) is 14.1 Å². The molecular formula is C48H84N6O2. The van der Waals surface area contributed by atoms with E-state index in [1.54, 1.807) is 9.59 Å². The number of hydrogen-bond acceptors (Lipinski definition) is 6. The summed E-state index contributed by atoms with van der Waals surface area (Å²) < 4.78 is 0. The minimum atomic E-state index is 1.00. The predicted octanol–water partition coefficient (Wildman–Crippen LogP) is 13.1. The molecule has 0 fully saturated rings. The van der Waals surface area contributed by atoms with Crippen LogP contribution in [-0.4, -0.2) is 54.4 Å². The fraction of sp³-hybridized carbons (Fsp3) is 0.500. The highest BCUT2D eigenvalue weighted by Crippen LogP contribution is 2.27. The van der Waals surface area contributed by atoms with Crippen LogP contribution >= 0.6 is 0 Å². The van der Waals surface area contributed by atoms with Crippen molar-refractivity contribution in [3.05, 3.63) is 105 Å². The smallest absolute Gasteiger partial charge is 0.116 e. The minimum absolute atomic E-state index is 1.00. The van der Waals surface area contributed by atoms with Crippen LogP contribution in [0.25, 0.3) is 33.2 Å². The SMILES string of the molecule is CC.CC.CC.CC.CC.CC.CO.CO.Cc1c(C)c(C)c2nn(C)nc2c1C.Cc1c(C)c(C)c2nn(C)nc2c1C.c1ccc(-c2ccccc2)cc1. The van der Waals surface area contributed by atoms with Crippen molar-refractivity contribution in [1.82, 2.24) is 30.0 Å². The Morgan fingerprint density at radius 3 is 0.625 bits per heavy atom. The molecule has 0 saturated carbocycles. The third-order valence-electron chi connectivity index (χ3n) is 8.10. The summed E-state index contributed by atoms with van der Waals surface area (Å²) in [6.07, 6.45) is 0. The molecule has 318 valence electrons. The summed E-state index contributed by atoms with van der Waals surface area (Å²) >= 11 is 0. The molecule has 0 amide bonds. The van der Waals surface area contributed by atoms with Gasteiger partial charge in [0.05, 0.1) is 0 Å². The largest absolute Gasteiger partial charge is 0.400 e. The van der Waals surface area contributed by atoms with Crippen LogP contribution in [0.1, 0.15) is 128 Å². The summed E-state index contributed by atoms with van der Waals surface area (Å²) in [6.45, 7) is 41.0. The molecule has 4 aromatic carbocycles. The fourth-order valence-electron chi connectivity index (χ4n) is 4.92. The van der Waals surface area contributed by atoms with E-state index in [-0.39, 0.29) is 0 Å². The quantitative estimate of drug-likeness (QED) is 0.172. The van der Waals surface area contributed by atoms with Gasteiger partial charge in [-0.25, -0.2) is 0 Å². The Balaban J connectivity index is -0.000000197. The molecule has 0 bridgehead atoms. The zero-order chi connectivity index (χ0) is 45.1. The zero-order valence-corrected chi connectivity index (χ0v) is 40.4. The van der Waals surface area contributed by atoms with Crippen LogP contribution in [0.5, 0.6) is 0 Å². The maximum absolute atomic E-state index is 7.00. The number of aryl methyl sites for hydroxylation is 6. The third kappa shape index (κ3) is 18.5. The average molecular weight is 777 g/mol. The molecule has 0 atom stereocenters. The number of rotatable bonds is 1. The second-order valence-corrected chi connectivity index (χ2v) is 10.5. The Kier molecular flexibility index (Phi) is 40.8. The van der Waals surface area contributed by atoms with Gasteiger partial charge in [-0.2, -0.15) is 30.0 Å². The lowest BCUT2D eigenvalue weighted by Gasteiger charge is -2.07. The Labute approximate surface area is 344 Å². The van der Waals surface area contributed by atoms with Crippen molar-refractivity contribution < 1.29 is 10.2 Å². The molecule has 0 radical (unpaired) electrons. The molecule has 56 heavy (non-hydrogen) atoms. The van der Waals surface area contributed by atoms with E-state index in [9.17, 15) is 0 Å². The molecule has 0 aliphatic rings. The van der Waals surface area contributed by atoms with E-state index in [4.69, 9.17) is 10.2 Å². The van der Waals surface area contributed by atoms with E-state index in [0.717, 1.165) is 36.3 Å². The summed E-state index contributed by atoms with van der Waals surface area (Å²) in [4.78, 5) is 3.28. The van der Waals surface area contributed by atoms with Crippen molar-refractivity contribution in [2.45, 2.75) is 138 Å². The first-order valence-electron chi connectivity index (χ1n) is 20.6. The second kappa shape index (κ2) is 37.5. The standard InChI is InChI=1S/C12H10.2C11H15N3.6C2H6.2CH4O/c1-3-7-11(8-4-1)12-9-5-2-6-10-12;2*1-6-7(2)9(4)11-10(8(6)3)12-14(5)13-11;8*1-2/h1-10H;2*1-5H3;6*1-2H3;2*2H,1H3. The summed E-state index contributed by atoms with van der Waals surface area (Å²) in [5.41, 5.74) is 17.0. The molecule has 0 aliphatic heterocycles. The lowest BCUT2D eigenvalue weighted by molar-refractivity contribution is 0.399. The van der Waals surface area contributed by atoms with E-state index in [0.29, 0.717) is 0 Å². The number of aliphatic hydroxyl groups is 2. The van der Waals surface area contributed by atoms with Crippen molar-refractivity contribution >= 4 is 22.1 Å². The van der Waals surface area contributed by atoms with Crippen LogP contribution in [-0.2, 0) is 14.1 Å². The van der Waals surface area contributed by atoms with Gasteiger partial charge in [0, 0.05) is 28.3 Å². The minimum Gasteiger partial charge on any atom is -0.400 e. The number of benzene rings is 4. The Morgan fingerprint density at radius 2 is 0.464 bits per heavy atom. The molecule has 2 aromatic heterocycles. The number of aliphatic hydroxyl groups excluding tert-OH is 2. The van der Waals surface area contributed by atoms with Crippen LogP contribution in [0.3, 0.4) is 0 Å². The van der Waals surface area contributed by atoms with Gasteiger partial charge in [0.25, 0.3) is 0 Å². The van der Waals surface area contributed by atoms with Crippen LogP contribution in [0.4, 0.5) is 0 Å². The van der Waals surface area contributed by atoms with Crippen molar-refractivity contribution in [3.63, 3.8) is 0 Å². The average Bonchev–Trinajstić information content (AvgIpc) is 3.90. The monoisotopic (exact) mass is 777 g/mol. The summed E-state index contributed by atoms with van der Waals surface area (Å²) in [5, 5.41) is 31.5. The predicted molar refractivity (Wildman–Crippen MR) is 251 cm³/mol. The van der Waals surface area contributed by atoms with Crippen LogP contribution < -0.4 is 0 Å². The van der Waals surface area contributed by atoms with E-state index in [1.165, 1.54) is 55.6 Å². The summed E-state index contributed by atoms with van der Waals surface area (Å²) in [6, 6.07) is 20.8. The molecule has 8 nitrogen and oxygen atoms in total. The summed E-state index contributed by atoms with van der Waals surface area (Å²) in [5.74, 6) is 0. The number of fused-ring (bicyclic) bond motifs is 2. The second-order valence-electron chi connectivity index (χ2n) is 10.5. The topological polar surface area (TPSA) is 102 Å². The number of hydrogen-bond donors (Lipinski definition) is 2. The molecule has 0 aliphatic carbocycles. The van der Waals surface area contributed by atoms with E-state index < -0.39 is 0 Å². The van der Waals surface area contributed by atoms with Gasteiger partial charge < -0.3 is 10.2 Å². The van der Waals surface area contributed by atoms with E-state index in [1.807, 2.05) is 109 Å². The maximum atomic E-state index is 7.00. The Morgan fingerprint density at radius 1 is 0.304 bits per heavy atom. The van der Waals surface area contributed by atoms with Gasteiger partial charge in [-0.05, 0) is 111 Å². The van der Waals surface area contributed by atoms with Crippen molar-refractivity contribution in [2.75, 3.05) is 14.2 Å². The van der Waals surface area contributed by atoms with Gasteiger partial charge >= 0.3 is 0 Å². The third-order valence-corrected chi connectivity index (χ3v) is 8.10. The van der Waals surface area contributed by atoms with Gasteiger partial charge in [0.1, 0.15) is 22.1 Å². The van der Waals surface area contributed by atoms with Gasteiger partial charge in [0.2, 0.25) is 0 Å². The highest BCUT2D eigenvalue weighted by molar-refractivity contribution is 5.84. The molecule has 6 rings (SSSR count). The zero-order valence-electron chi connectivity index (χ0n) is 40.4. The molecule has 0 saturated heterocycles. The Hall–Kier alpha value is -4.40. The fourth-order valence-corrected chi connectivity index (χ4v) is 4.92. The first kappa shape index (κ1) is 60.8. The van der Waals surface area contributed by atoms with Gasteiger partial charge in [-0.3, -0.25) is 0 Å². The number of nitrogens with zero attached hydrogens (tertiary/aromatic N) is 6. The first-order chi connectivity index (χ1) is 27.0. The molecule has 2 N–H and O–H groups in total. The van der Waals surface area contributed by atoms with E-state index >= 15 is 0 Å². The highest BCUT2D eigenvalue weighted by atomic mass is 16.2. The van der Waals surface area contributed by atoms with Crippen molar-refractivity contribution in [3.8, 4) is 11.1 Å². The maximum Gasteiger partial charge on any atom is 0.116 e. The molecule has 0 spiro atoms. The molecule has 0 unspecified atom stereocenters. The molecule has 8 heteroatoms. The lowest BCUT2D eigenvalue weighted by Crippen LogP contribution is -1.92. The van der Waals surface area contributed by atoms with Crippen molar-refractivity contribution in [1.29, 1.82) is 0 Å². The van der Waals surface area contributed by atoms with Gasteiger partial charge in [-0.15, -0.1) is 0 Å². The van der Waals surface area contributed by atoms with E-state index in [2.05, 4.69) is 124 Å². The molecule has 6 aromatic rings. The molecular weight excluding hydrogens is 693 g/mol. The summed E-state index contributed by atoms with van der Waals surface area (Å²) in [7, 11) is 5.73. The van der Waals surface area contributed by atoms with Crippen LogP contribution in [0.2, 0.25) is 0 Å². The molecule has 2 heterocycles. The first-order valence-corrected chi connectivity index (χ1v) is 20.6. The van der Waals surface area contributed by atoms with Crippen LogP contribution in [0.15, 0.2) is 60.7 Å². The Bertz CT molecular complexity index is 1570. The van der Waals surface area contributed by atoms with Gasteiger partial charge in [0.15, 0.2) is 0 Å². The van der Waals surface area contributed by atoms with Crippen LogP contribution in [0, 0.1) is 55.4 Å². The lowest BCUT2D eigenvalue weighted by atomic mass is 9.98. The van der Waals surface area contributed by atoms with Gasteiger partial charge in [-0.1, -0.05) is 144 Å². The normalized spacial score (nSPS) is 8.54. The number of aromatic nitrogens is 6. The highest BCUT2D eigenvalue weighted by Gasteiger charge is 2.13.